The Morgan fingerprint density at radius 3 is 2.42 bits per heavy atom. The Balaban J connectivity index is 2.47. The standard InChI is InChI=1S/C13H20N2O3S/c1-10(2)11-3-4-12(13(9-11)19(16,17)18)15-7-5-14-6-8-15/h3-4,9-10,14H,5-8H2,1-2H3,(H,16,17,18). The average Bonchev–Trinajstić information content (AvgIpc) is 2.38. The van der Waals surface area contributed by atoms with Crippen LogP contribution in [0.2, 0.25) is 0 Å². The van der Waals surface area contributed by atoms with Crippen molar-refractivity contribution in [2.45, 2.75) is 24.7 Å². The number of rotatable bonds is 3. The molecule has 5 nitrogen and oxygen atoms in total. The van der Waals surface area contributed by atoms with E-state index >= 15 is 0 Å². The van der Waals surface area contributed by atoms with Crippen LogP contribution < -0.4 is 10.2 Å². The van der Waals surface area contributed by atoms with Gasteiger partial charge < -0.3 is 10.2 Å². The van der Waals surface area contributed by atoms with Crippen LogP contribution in [0.4, 0.5) is 5.69 Å². The number of benzene rings is 1. The molecule has 0 unspecified atom stereocenters. The Labute approximate surface area is 114 Å². The van der Waals surface area contributed by atoms with Crippen LogP contribution in [0.3, 0.4) is 0 Å². The maximum absolute atomic E-state index is 11.6. The fourth-order valence-corrected chi connectivity index (χ4v) is 3.01. The van der Waals surface area contributed by atoms with Crippen LogP contribution in [0.1, 0.15) is 25.3 Å². The molecule has 0 bridgehead atoms. The summed E-state index contributed by atoms with van der Waals surface area (Å²) in [6.45, 7) is 7.10. The lowest BCUT2D eigenvalue weighted by Gasteiger charge is -2.30. The van der Waals surface area contributed by atoms with E-state index in [1.165, 1.54) is 0 Å². The van der Waals surface area contributed by atoms with Crippen molar-refractivity contribution < 1.29 is 13.0 Å². The molecule has 2 N–H and O–H groups in total. The third kappa shape index (κ3) is 3.26. The van der Waals surface area contributed by atoms with E-state index in [1.807, 2.05) is 24.8 Å². The molecule has 0 aliphatic carbocycles. The zero-order valence-electron chi connectivity index (χ0n) is 11.3. The first-order chi connectivity index (χ1) is 8.89. The van der Waals surface area contributed by atoms with E-state index in [1.54, 1.807) is 12.1 Å². The lowest BCUT2D eigenvalue weighted by molar-refractivity contribution is 0.482. The third-order valence-electron chi connectivity index (χ3n) is 3.39. The fourth-order valence-electron chi connectivity index (χ4n) is 2.26. The molecule has 1 fully saturated rings. The third-order valence-corrected chi connectivity index (χ3v) is 4.27. The highest BCUT2D eigenvalue weighted by Gasteiger charge is 2.22. The van der Waals surface area contributed by atoms with Gasteiger partial charge in [0.15, 0.2) is 0 Å². The maximum atomic E-state index is 11.6. The molecule has 0 atom stereocenters. The van der Waals surface area contributed by atoms with Gasteiger partial charge in [-0.3, -0.25) is 4.55 Å². The van der Waals surface area contributed by atoms with Crippen LogP contribution in [-0.2, 0) is 10.1 Å². The minimum Gasteiger partial charge on any atom is -0.368 e. The van der Waals surface area contributed by atoms with Gasteiger partial charge in [-0.1, -0.05) is 19.9 Å². The average molecular weight is 284 g/mol. The zero-order chi connectivity index (χ0) is 14.0. The number of nitrogens with zero attached hydrogens (tertiary/aromatic N) is 1. The van der Waals surface area contributed by atoms with Gasteiger partial charge in [-0.25, -0.2) is 0 Å². The summed E-state index contributed by atoms with van der Waals surface area (Å²) in [5.74, 6) is 0.220. The van der Waals surface area contributed by atoms with E-state index < -0.39 is 10.1 Å². The summed E-state index contributed by atoms with van der Waals surface area (Å²) in [6.07, 6.45) is 0. The molecule has 1 aromatic rings. The monoisotopic (exact) mass is 284 g/mol. The molecule has 0 amide bonds. The summed E-state index contributed by atoms with van der Waals surface area (Å²) >= 11 is 0. The number of anilines is 1. The summed E-state index contributed by atoms with van der Waals surface area (Å²) in [4.78, 5) is 2.00. The lowest BCUT2D eigenvalue weighted by atomic mass is 10.0. The number of nitrogens with one attached hydrogen (secondary N) is 1. The molecule has 2 rings (SSSR count). The van der Waals surface area contributed by atoms with Crippen LogP contribution in [0, 0.1) is 0 Å². The SMILES string of the molecule is CC(C)c1ccc(N2CCNCC2)c(S(=O)(=O)O)c1. The molecule has 0 aromatic heterocycles. The number of hydrogen-bond acceptors (Lipinski definition) is 4. The first kappa shape index (κ1) is 14.3. The van der Waals surface area contributed by atoms with Gasteiger partial charge in [-0.15, -0.1) is 0 Å². The van der Waals surface area contributed by atoms with Crippen molar-refractivity contribution in [3.63, 3.8) is 0 Å². The summed E-state index contributed by atoms with van der Waals surface area (Å²) in [5, 5.41) is 3.22. The van der Waals surface area contributed by atoms with E-state index in [0.717, 1.165) is 31.7 Å². The largest absolute Gasteiger partial charge is 0.368 e. The summed E-state index contributed by atoms with van der Waals surface area (Å²) in [6, 6.07) is 5.30. The van der Waals surface area contributed by atoms with Crippen LogP contribution in [0.15, 0.2) is 23.1 Å². The molecule has 0 saturated carbocycles. The molecule has 1 aromatic carbocycles. The lowest BCUT2D eigenvalue weighted by Crippen LogP contribution is -2.44. The van der Waals surface area contributed by atoms with Crippen LogP contribution >= 0.6 is 0 Å². The van der Waals surface area contributed by atoms with Crippen LogP contribution in [0.5, 0.6) is 0 Å². The van der Waals surface area contributed by atoms with Crippen LogP contribution in [-0.4, -0.2) is 39.1 Å². The van der Waals surface area contributed by atoms with Gasteiger partial charge in [0.05, 0.1) is 5.69 Å². The first-order valence-corrected chi connectivity index (χ1v) is 7.90. The maximum Gasteiger partial charge on any atom is 0.296 e. The van der Waals surface area contributed by atoms with Gasteiger partial charge in [-0.2, -0.15) is 8.42 Å². The summed E-state index contributed by atoms with van der Waals surface area (Å²) < 4.78 is 32.6. The van der Waals surface area contributed by atoms with Crippen molar-refractivity contribution in [2.75, 3.05) is 31.1 Å². The first-order valence-electron chi connectivity index (χ1n) is 6.46. The molecule has 1 saturated heterocycles. The van der Waals surface area contributed by atoms with Gasteiger partial charge >= 0.3 is 0 Å². The highest BCUT2D eigenvalue weighted by atomic mass is 32.2. The van der Waals surface area contributed by atoms with Crippen molar-refractivity contribution >= 4 is 15.8 Å². The van der Waals surface area contributed by atoms with Crippen molar-refractivity contribution in [3.8, 4) is 0 Å². The predicted molar refractivity (Wildman–Crippen MR) is 75.4 cm³/mol. The van der Waals surface area contributed by atoms with Gasteiger partial charge in [0.25, 0.3) is 10.1 Å². The molecule has 106 valence electrons. The Morgan fingerprint density at radius 2 is 1.89 bits per heavy atom. The minimum atomic E-state index is -4.20. The van der Waals surface area contributed by atoms with Gasteiger partial charge in [-0.05, 0) is 23.6 Å². The molecular weight excluding hydrogens is 264 g/mol. The molecule has 1 aliphatic heterocycles. The Hall–Kier alpha value is -1.11. The van der Waals surface area contributed by atoms with Gasteiger partial charge in [0.2, 0.25) is 0 Å². The molecular formula is C13H20N2O3S. The van der Waals surface area contributed by atoms with E-state index in [4.69, 9.17) is 0 Å². The van der Waals surface area contributed by atoms with Crippen molar-refractivity contribution in [1.82, 2.24) is 5.32 Å². The zero-order valence-corrected chi connectivity index (χ0v) is 12.1. The molecule has 1 heterocycles. The normalized spacial score (nSPS) is 16.9. The highest BCUT2D eigenvalue weighted by molar-refractivity contribution is 7.86. The second-order valence-corrected chi connectivity index (χ2v) is 6.48. The second kappa shape index (κ2) is 5.48. The quantitative estimate of drug-likeness (QED) is 0.823. The van der Waals surface area contributed by atoms with Crippen molar-refractivity contribution in [1.29, 1.82) is 0 Å². The van der Waals surface area contributed by atoms with E-state index in [0.29, 0.717) is 5.69 Å². The van der Waals surface area contributed by atoms with Gasteiger partial charge in [0.1, 0.15) is 4.90 Å². The Morgan fingerprint density at radius 1 is 1.26 bits per heavy atom. The van der Waals surface area contributed by atoms with E-state index in [-0.39, 0.29) is 10.8 Å². The number of piperazine rings is 1. The molecule has 19 heavy (non-hydrogen) atoms. The minimum absolute atomic E-state index is 0.0144. The fraction of sp³-hybridized carbons (Fsp3) is 0.538. The second-order valence-electron chi connectivity index (χ2n) is 5.09. The molecule has 0 spiro atoms. The predicted octanol–water partition coefficient (Wildman–Crippen LogP) is 1.47. The van der Waals surface area contributed by atoms with Gasteiger partial charge in [0, 0.05) is 26.2 Å². The molecule has 1 aliphatic rings. The Bertz CT molecular complexity index is 549. The van der Waals surface area contributed by atoms with E-state index in [2.05, 4.69) is 5.32 Å². The van der Waals surface area contributed by atoms with Crippen molar-refractivity contribution in [3.05, 3.63) is 23.8 Å². The summed E-state index contributed by atoms with van der Waals surface area (Å²) in [5.41, 5.74) is 1.50. The molecule has 0 radical (unpaired) electrons. The molecule has 6 heteroatoms. The summed E-state index contributed by atoms with van der Waals surface area (Å²) in [7, 11) is -4.20. The smallest absolute Gasteiger partial charge is 0.296 e. The van der Waals surface area contributed by atoms with Crippen LogP contribution in [0.25, 0.3) is 0 Å². The van der Waals surface area contributed by atoms with E-state index in [9.17, 15) is 13.0 Å². The number of hydrogen-bond donors (Lipinski definition) is 2. The topological polar surface area (TPSA) is 69.6 Å². The van der Waals surface area contributed by atoms with Crippen molar-refractivity contribution in [2.24, 2.45) is 0 Å². The Kier molecular flexibility index (Phi) is 4.13. The highest BCUT2D eigenvalue weighted by Crippen LogP contribution is 2.29.